The number of hydrogen-bond donors (Lipinski definition) is 1. The lowest BCUT2D eigenvalue weighted by Crippen LogP contribution is -2.26. The van der Waals surface area contributed by atoms with Crippen LogP contribution in [0, 0.1) is 0 Å². The van der Waals surface area contributed by atoms with E-state index in [0.717, 1.165) is 31.6 Å². The molecule has 0 bridgehead atoms. The fourth-order valence-electron chi connectivity index (χ4n) is 3.01. The molecular weight excluding hydrogens is 276 g/mol. The molecule has 0 atom stereocenters. The van der Waals surface area contributed by atoms with Crippen LogP contribution in [0.2, 0.25) is 0 Å². The molecule has 0 fully saturated rings. The summed E-state index contributed by atoms with van der Waals surface area (Å²) >= 11 is 0. The van der Waals surface area contributed by atoms with Gasteiger partial charge in [0, 0.05) is 13.1 Å². The van der Waals surface area contributed by atoms with E-state index in [2.05, 4.69) is 30.7 Å². The number of carboxylic acid groups (broad SMARTS) is 1. The van der Waals surface area contributed by atoms with Gasteiger partial charge in [-0.15, -0.1) is 6.58 Å². The van der Waals surface area contributed by atoms with E-state index in [0.29, 0.717) is 6.54 Å². The quantitative estimate of drug-likeness (QED) is 0.590. The summed E-state index contributed by atoms with van der Waals surface area (Å²) in [6.07, 6.45) is 6.61. The number of anilines is 1. The molecule has 1 aliphatic rings. The van der Waals surface area contributed by atoms with Crippen LogP contribution < -0.4 is 4.90 Å². The van der Waals surface area contributed by atoms with Gasteiger partial charge in [-0.1, -0.05) is 24.6 Å². The Balaban J connectivity index is 1.76. The largest absolute Gasteiger partial charge is 0.465 e. The van der Waals surface area contributed by atoms with Crippen molar-refractivity contribution >= 4 is 11.8 Å². The number of nitrogens with zero attached hydrogens (tertiary/aromatic N) is 2. The lowest BCUT2D eigenvalue weighted by molar-refractivity contribution is 0.202. The number of carbonyl (C=O) groups is 1. The van der Waals surface area contributed by atoms with Crippen LogP contribution in [0.4, 0.5) is 10.5 Å². The number of aryl methyl sites for hydroxylation is 1. The minimum atomic E-state index is -0.852. The van der Waals surface area contributed by atoms with E-state index in [1.807, 2.05) is 12.1 Å². The van der Waals surface area contributed by atoms with Gasteiger partial charge >= 0.3 is 6.09 Å². The summed E-state index contributed by atoms with van der Waals surface area (Å²) in [5, 5.41) is 9.13. The van der Waals surface area contributed by atoms with Crippen molar-refractivity contribution < 1.29 is 9.90 Å². The summed E-state index contributed by atoms with van der Waals surface area (Å²) in [5.41, 5.74) is 3.36. The summed E-state index contributed by atoms with van der Waals surface area (Å²) in [6, 6.07) is 6.22. The molecule has 2 rings (SSSR count). The summed E-state index contributed by atoms with van der Waals surface area (Å²) in [4.78, 5) is 14.8. The molecule has 0 saturated carbocycles. The zero-order valence-electron chi connectivity index (χ0n) is 13.4. The standard InChI is InChI=1S/C18H26N2O2/c1-3-11-19(2)12-6-4-5-7-15-8-9-17-16(14-15)10-13-20(17)18(21)22/h3,8-9,14H,1,4-7,10-13H2,2H3,(H,21,22). The van der Waals surface area contributed by atoms with Crippen molar-refractivity contribution in [3.8, 4) is 0 Å². The van der Waals surface area contributed by atoms with Crippen LogP contribution in [0.15, 0.2) is 30.9 Å². The van der Waals surface area contributed by atoms with Crippen molar-refractivity contribution in [1.82, 2.24) is 4.90 Å². The predicted molar refractivity (Wildman–Crippen MR) is 90.8 cm³/mol. The second-order valence-corrected chi connectivity index (χ2v) is 6.01. The first kappa shape index (κ1) is 16.6. The molecule has 0 aliphatic carbocycles. The van der Waals surface area contributed by atoms with Gasteiger partial charge in [0.2, 0.25) is 0 Å². The van der Waals surface area contributed by atoms with E-state index >= 15 is 0 Å². The summed E-state index contributed by atoms with van der Waals surface area (Å²) in [6.45, 7) is 6.40. The molecule has 120 valence electrons. The Morgan fingerprint density at radius 1 is 1.41 bits per heavy atom. The van der Waals surface area contributed by atoms with Gasteiger partial charge in [-0.25, -0.2) is 4.79 Å². The van der Waals surface area contributed by atoms with Crippen LogP contribution in [0.1, 0.15) is 30.4 Å². The maximum Gasteiger partial charge on any atom is 0.411 e. The Bertz CT molecular complexity index is 528. The van der Waals surface area contributed by atoms with E-state index in [4.69, 9.17) is 5.11 Å². The van der Waals surface area contributed by atoms with Crippen molar-refractivity contribution in [3.05, 3.63) is 42.0 Å². The van der Waals surface area contributed by atoms with E-state index < -0.39 is 6.09 Å². The van der Waals surface area contributed by atoms with Crippen molar-refractivity contribution in [3.63, 3.8) is 0 Å². The Morgan fingerprint density at radius 2 is 2.23 bits per heavy atom. The molecule has 1 amide bonds. The Kier molecular flexibility index (Phi) is 6.01. The van der Waals surface area contributed by atoms with Crippen molar-refractivity contribution in [2.75, 3.05) is 31.6 Å². The lowest BCUT2D eigenvalue weighted by Gasteiger charge is -2.14. The molecule has 22 heavy (non-hydrogen) atoms. The first-order valence-corrected chi connectivity index (χ1v) is 8.03. The summed E-state index contributed by atoms with van der Waals surface area (Å²) in [7, 11) is 2.12. The van der Waals surface area contributed by atoms with E-state index in [9.17, 15) is 4.79 Å². The third kappa shape index (κ3) is 4.34. The smallest absolute Gasteiger partial charge is 0.411 e. The van der Waals surface area contributed by atoms with Gasteiger partial charge in [-0.3, -0.25) is 4.90 Å². The van der Waals surface area contributed by atoms with Crippen LogP contribution in [0.5, 0.6) is 0 Å². The molecule has 1 heterocycles. The lowest BCUT2D eigenvalue weighted by atomic mass is 10.0. The fraction of sp³-hybridized carbons (Fsp3) is 0.500. The molecule has 1 aromatic rings. The molecule has 0 spiro atoms. The van der Waals surface area contributed by atoms with Crippen LogP contribution >= 0.6 is 0 Å². The number of unbranched alkanes of at least 4 members (excludes halogenated alkanes) is 2. The number of likely N-dealkylation sites (N-methyl/N-ethyl adjacent to an activating group) is 1. The average Bonchev–Trinajstić information content (AvgIpc) is 2.90. The monoisotopic (exact) mass is 302 g/mol. The van der Waals surface area contributed by atoms with Crippen molar-refractivity contribution in [2.45, 2.75) is 32.1 Å². The van der Waals surface area contributed by atoms with Gasteiger partial charge in [-0.05, 0) is 56.5 Å². The maximum atomic E-state index is 11.1. The average molecular weight is 302 g/mol. The molecule has 4 nitrogen and oxygen atoms in total. The highest BCUT2D eigenvalue weighted by Crippen LogP contribution is 2.29. The van der Waals surface area contributed by atoms with Gasteiger partial charge in [-0.2, -0.15) is 0 Å². The topological polar surface area (TPSA) is 43.8 Å². The fourth-order valence-corrected chi connectivity index (χ4v) is 3.01. The third-order valence-corrected chi connectivity index (χ3v) is 4.22. The highest BCUT2D eigenvalue weighted by molar-refractivity contribution is 5.88. The Hall–Kier alpha value is -1.81. The highest BCUT2D eigenvalue weighted by Gasteiger charge is 2.23. The molecule has 4 heteroatoms. The number of amides is 1. The van der Waals surface area contributed by atoms with Crippen molar-refractivity contribution in [2.24, 2.45) is 0 Å². The number of fused-ring (bicyclic) bond motifs is 1. The first-order chi connectivity index (χ1) is 10.6. The molecule has 0 aromatic heterocycles. The zero-order valence-corrected chi connectivity index (χ0v) is 13.4. The Morgan fingerprint density at radius 3 is 2.95 bits per heavy atom. The third-order valence-electron chi connectivity index (χ3n) is 4.22. The molecular formula is C18H26N2O2. The predicted octanol–water partition coefficient (Wildman–Crippen LogP) is 3.56. The number of benzene rings is 1. The highest BCUT2D eigenvalue weighted by atomic mass is 16.4. The zero-order chi connectivity index (χ0) is 15.9. The van der Waals surface area contributed by atoms with Gasteiger partial charge < -0.3 is 10.0 Å². The molecule has 0 unspecified atom stereocenters. The second-order valence-electron chi connectivity index (χ2n) is 6.01. The minimum absolute atomic E-state index is 0.587. The van der Waals surface area contributed by atoms with Crippen LogP contribution in [-0.2, 0) is 12.8 Å². The molecule has 1 aromatic carbocycles. The Labute approximate surface area is 133 Å². The maximum absolute atomic E-state index is 11.1. The minimum Gasteiger partial charge on any atom is -0.465 e. The summed E-state index contributed by atoms with van der Waals surface area (Å²) < 4.78 is 0. The number of rotatable bonds is 8. The SMILES string of the molecule is C=CCN(C)CCCCCc1ccc2c(c1)CCN2C(=O)O. The first-order valence-electron chi connectivity index (χ1n) is 8.03. The number of hydrogen-bond acceptors (Lipinski definition) is 2. The van der Waals surface area contributed by atoms with Gasteiger partial charge in [0.1, 0.15) is 0 Å². The second kappa shape index (κ2) is 7.99. The van der Waals surface area contributed by atoms with E-state index in [1.165, 1.54) is 35.3 Å². The van der Waals surface area contributed by atoms with E-state index in [1.54, 1.807) is 0 Å². The van der Waals surface area contributed by atoms with Crippen LogP contribution in [-0.4, -0.2) is 42.8 Å². The van der Waals surface area contributed by atoms with Gasteiger partial charge in [0.25, 0.3) is 0 Å². The molecule has 0 saturated heterocycles. The van der Waals surface area contributed by atoms with Crippen molar-refractivity contribution in [1.29, 1.82) is 0 Å². The van der Waals surface area contributed by atoms with Gasteiger partial charge in [0.15, 0.2) is 0 Å². The van der Waals surface area contributed by atoms with E-state index in [-0.39, 0.29) is 0 Å². The molecule has 1 N–H and O–H groups in total. The van der Waals surface area contributed by atoms with Crippen LogP contribution in [0.3, 0.4) is 0 Å². The molecule has 0 radical (unpaired) electrons. The van der Waals surface area contributed by atoms with Gasteiger partial charge in [0.05, 0.1) is 5.69 Å². The molecule has 1 aliphatic heterocycles. The summed E-state index contributed by atoms with van der Waals surface area (Å²) in [5.74, 6) is 0. The normalized spacial score (nSPS) is 13.5. The van der Waals surface area contributed by atoms with Crippen LogP contribution in [0.25, 0.3) is 0 Å².